The zero-order valence-corrected chi connectivity index (χ0v) is 16.7. The van der Waals surface area contributed by atoms with Gasteiger partial charge in [-0.2, -0.15) is 0 Å². The van der Waals surface area contributed by atoms with Crippen LogP contribution in [0.1, 0.15) is 32.4 Å². The molecule has 0 bridgehead atoms. The topological polar surface area (TPSA) is 79.5 Å². The number of ether oxygens (including phenoxy) is 1. The van der Waals surface area contributed by atoms with E-state index in [-0.39, 0.29) is 0 Å². The van der Waals surface area contributed by atoms with Crippen LogP contribution in [-0.2, 0) is 9.53 Å². The predicted octanol–water partition coefficient (Wildman–Crippen LogP) is 4.70. The number of hydrazine groups is 1. The second-order valence-corrected chi connectivity index (χ2v) is 7.57. The highest BCUT2D eigenvalue weighted by molar-refractivity contribution is 6.36. The molecule has 0 heterocycles. The first-order valence-electron chi connectivity index (χ1n) is 8.21. The Morgan fingerprint density at radius 3 is 2.30 bits per heavy atom. The van der Waals surface area contributed by atoms with Gasteiger partial charge in [0.05, 0.1) is 10.7 Å². The van der Waals surface area contributed by atoms with Crippen molar-refractivity contribution in [1.29, 1.82) is 0 Å². The monoisotopic (exact) mass is 409 g/mol. The van der Waals surface area contributed by atoms with E-state index in [0.717, 1.165) is 0 Å². The van der Waals surface area contributed by atoms with Crippen LogP contribution in [-0.4, -0.2) is 17.6 Å². The van der Waals surface area contributed by atoms with E-state index in [1.54, 1.807) is 63.2 Å². The first-order valence-corrected chi connectivity index (χ1v) is 8.97. The van der Waals surface area contributed by atoms with Gasteiger partial charge < -0.3 is 10.1 Å². The lowest BCUT2D eigenvalue weighted by atomic mass is 10.1. The Morgan fingerprint density at radius 1 is 1.04 bits per heavy atom. The van der Waals surface area contributed by atoms with Gasteiger partial charge in [-0.3, -0.25) is 15.6 Å². The molecule has 2 amide bonds. The maximum Gasteiger partial charge on any atom is 0.408 e. The number of anilines is 1. The zero-order chi connectivity index (χ0) is 20.0. The summed E-state index contributed by atoms with van der Waals surface area (Å²) >= 11 is 11.9. The summed E-state index contributed by atoms with van der Waals surface area (Å²) in [6.07, 6.45) is -0.698. The summed E-state index contributed by atoms with van der Waals surface area (Å²) in [5.74, 6) is -0.488. The minimum absolute atomic E-state index is 0.346. The molecule has 144 valence electrons. The second kappa shape index (κ2) is 8.97. The molecular formula is C19H21Cl2N3O3. The normalized spacial score (nSPS) is 12.0. The fourth-order valence-corrected chi connectivity index (χ4v) is 2.62. The smallest absolute Gasteiger partial charge is 0.408 e. The minimum Gasteiger partial charge on any atom is -0.444 e. The second-order valence-electron chi connectivity index (χ2n) is 6.73. The van der Waals surface area contributed by atoms with E-state index in [1.165, 1.54) is 0 Å². The Kier molecular flexibility index (Phi) is 6.93. The molecule has 2 aromatic rings. The van der Waals surface area contributed by atoms with Crippen LogP contribution in [0.25, 0.3) is 0 Å². The van der Waals surface area contributed by atoms with Crippen LogP contribution in [0.5, 0.6) is 0 Å². The maximum atomic E-state index is 12.7. The number of nitrogens with one attached hydrogen (secondary N) is 3. The molecule has 1 unspecified atom stereocenters. The van der Waals surface area contributed by atoms with Gasteiger partial charge in [0.25, 0.3) is 5.91 Å². The first kappa shape index (κ1) is 20.9. The van der Waals surface area contributed by atoms with Crippen molar-refractivity contribution in [2.24, 2.45) is 0 Å². The average Bonchev–Trinajstić information content (AvgIpc) is 2.58. The van der Waals surface area contributed by atoms with Crippen LogP contribution in [0.3, 0.4) is 0 Å². The number of amides is 2. The average molecular weight is 410 g/mol. The predicted molar refractivity (Wildman–Crippen MR) is 107 cm³/mol. The number of benzene rings is 2. The van der Waals surface area contributed by atoms with Crippen molar-refractivity contribution in [2.75, 3.05) is 5.43 Å². The van der Waals surface area contributed by atoms with Gasteiger partial charge in [0, 0.05) is 5.02 Å². The molecule has 3 N–H and O–H groups in total. The third kappa shape index (κ3) is 6.66. The lowest BCUT2D eigenvalue weighted by Crippen LogP contribution is -2.44. The number of carbonyl (C=O) groups is 2. The highest BCUT2D eigenvalue weighted by atomic mass is 35.5. The molecule has 0 radical (unpaired) electrons. The quantitative estimate of drug-likeness (QED) is 0.625. The van der Waals surface area contributed by atoms with Gasteiger partial charge in [0.15, 0.2) is 0 Å². The molecule has 0 aliphatic carbocycles. The SMILES string of the molecule is CC(C)(C)OC(=O)NC(C(=O)NNc1ccc(Cl)cc1Cl)c1ccccc1. The molecule has 0 aromatic heterocycles. The van der Waals surface area contributed by atoms with E-state index in [2.05, 4.69) is 16.2 Å². The van der Waals surface area contributed by atoms with Crippen molar-refractivity contribution in [2.45, 2.75) is 32.4 Å². The lowest BCUT2D eigenvalue weighted by molar-refractivity contribution is -0.122. The third-order valence-corrected chi connectivity index (χ3v) is 3.86. The molecule has 8 heteroatoms. The zero-order valence-electron chi connectivity index (χ0n) is 15.2. The van der Waals surface area contributed by atoms with Crippen molar-refractivity contribution in [1.82, 2.24) is 10.7 Å². The molecule has 0 saturated carbocycles. The van der Waals surface area contributed by atoms with Crippen LogP contribution < -0.4 is 16.2 Å². The minimum atomic E-state index is -0.959. The van der Waals surface area contributed by atoms with E-state index in [4.69, 9.17) is 27.9 Å². The third-order valence-electron chi connectivity index (χ3n) is 3.31. The van der Waals surface area contributed by atoms with Crippen molar-refractivity contribution in [3.63, 3.8) is 0 Å². The summed E-state index contributed by atoms with van der Waals surface area (Å²) < 4.78 is 5.25. The highest BCUT2D eigenvalue weighted by Crippen LogP contribution is 2.25. The molecule has 0 saturated heterocycles. The Morgan fingerprint density at radius 2 is 1.70 bits per heavy atom. The number of hydrogen-bond acceptors (Lipinski definition) is 4. The Balaban J connectivity index is 2.12. The maximum absolute atomic E-state index is 12.7. The van der Waals surface area contributed by atoms with Crippen LogP contribution in [0.2, 0.25) is 10.0 Å². The fourth-order valence-electron chi connectivity index (χ4n) is 2.16. The molecule has 6 nitrogen and oxygen atoms in total. The Labute approximate surface area is 168 Å². The number of hydrogen-bond donors (Lipinski definition) is 3. The molecule has 0 aliphatic heterocycles. The van der Waals surface area contributed by atoms with E-state index >= 15 is 0 Å². The van der Waals surface area contributed by atoms with Gasteiger partial charge in [-0.1, -0.05) is 53.5 Å². The molecule has 0 fully saturated rings. The van der Waals surface area contributed by atoms with Crippen molar-refractivity contribution in [3.8, 4) is 0 Å². The van der Waals surface area contributed by atoms with E-state index in [9.17, 15) is 9.59 Å². The number of rotatable bonds is 5. The summed E-state index contributed by atoms with van der Waals surface area (Å²) in [7, 11) is 0. The van der Waals surface area contributed by atoms with Crippen molar-refractivity contribution >= 4 is 40.9 Å². The van der Waals surface area contributed by atoms with Gasteiger partial charge in [-0.15, -0.1) is 0 Å². The largest absolute Gasteiger partial charge is 0.444 e. The van der Waals surface area contributed by atoms with Gasteiger partial charge >= 0.3 is 6.09 Å². The molecule has 2 aromatic carbocycles. The van der Waals surface area contributed by atoms with Crippen molar-refractivity contribution < 1.29 is 14.3 Å². The summed E-state index contributed by atoms with van der Waals surface area (Å²) in [5.41, 5.74) is 5.66. The van der Waals surface area contributed by atoms with Gasteiger partial charge in [-0.05, 0) is 44.5 Å². The molecular weight excluding hydrogens is 389 g/mol. The molecule has 27 heavy (non-hydrogen) atoms. The van der Waals surface area contributed by atoms with E-state index < -0.39 is 23.6 Å². The van der Waals surface area contributed by atoms with Crippen LogP contribution in [0.15, 0.2) is 48.5 Å². The van der Waals surface area contributed by atoms with E-state index in [0.29, 0.717) is 21.3 Å². The fraction of sp³-hybridized carbons (Fsp3) is 0.263. The van der Waals surface area contributed by atoms with Crippen LogP contribution in [0.4, 0.5) is 10.5 Å². The Bertz CT molecular complexity index is 808. The summed E-state index contributed by atoms with van der Waals surface area (Å²) in [6.45, 7) is 5.23. The van der Waals surface area contributed by atoms with Crippen molar-refractivity contribution in [3.05, 3.63) is 64.1 Å². The van der Waals surface area contributed by atoms with Gasteiger partial charge in [0.2, 0.25) is 0 Å². The molecule has 0 aliphatic rings. The van der Waals surface area contributed by atoms with Crippen LogP contribution in [0, 0.1) is 0 Å². The summed E-state index contributed by atoms with van der Waals surface area (Å²) in [5, 5.41) is 3.41. The molecule has 0 spiro atoms. The highest BCUT2D eigenvalue weighted by Gasteiger charge is 2.25. The molecule has 1 atom stereocenters. The standard InChI is InChI=1S/C19H21Cl2N3O3/c1-19(2,3)27-18(26)22-16(12-7-5-4-6-8-12)17(25)24-23-15-10-9-13(20)11-14(15)21/h4-11,16,23H,1-3H3,(H,22,26)(H,24,25). The van der Waals surface area contributed by atoms with Gasteiger partial charge in [-0.25, -0.2) is 4.79 Å². The Hall–Kier alpha value is -2.44. The van der Waals surface area contributed by atoms with Gasteiger partial charge in [0.1, 0.15) is 11.6 Å². The first-order chi connectivity index (χ1) is 12.7. The number of carbonyl (C=O) groups excluding carboxylic acids is 2. The summed E-state index contributed by atoms with van der Waals surface area (Å²) in [4.78, 5) is 24.8. The number of alkyl carbamates (subject to hydrolysis) is 1. The molecule has 2 rings (SSSR count). The van der Waals surface area contributed by atoms with E-state index in [1.807, 2.05) is 6.07 Å². The van der Waals surface area contributed by atoms with Crippen LogP contribution >= 0.6 is 23.2 Å². The summed E-state index contributed by atoms with van der Waals surface area (Å²) in [6, 6.07) is 12.7. The number of halogens is 2. The lowest BCUT2D eigenvalue weighted by Gasteiger charge is -2.23.